The van der Waals surface area contributed by atoms with Crippen molar-refractivity contribution in [2.75, 3.05) is 24.2 Å². The fourth-order valence-electron chi connectivity index (χ4n) is 1.85. The monoisotopic (exact) mass is 320 g/mol. The number of anilines is 1. The van der Waals surface area contributed by atoms with Gasteiger partial charge in [-0.3, -0.25) is 9.52 Å². The van der Waals surface area contributed by atoms with Crippen LogP contribution in [-0.2, 0) is 30.7 Å². The fourth-order valence-corrected chi connectivity index (χ4v) is 4.12. The van der Waals surface area contributed by atoms with Crippen LogP contribution in [0.5, 0.6) is 0 Å². The van der Waals surface area contributed by atoms with Gasteiger partial charge in [0.1, 0.15) is 0 Å². The van der Waals surface area contributed by atoms with E-state index in [9.17, 15) is 13.2 Å². The van der Waals surface area contributed by atoms with Crippen molar-refractivity contribution in [2.24, 2.45) is 0 Å². The first-order valence-electron chi connectivity index (χ1n) is 6.12. The zero-order valence-electron chi connectivity index (χ0n) is 11.0. The Labute approximate surface area is 121 Å². The molecule has 2 heterocycles. The zero-order valence-corrected chi connectivity index (χ0v) is 12.6. The molecule has 1 unspecified atom stereocenters. The Morgan fingerprint density at radius 2 is 2.45 bits per heavy atom. The molecule has 0 radical (unpaired) electrons. The molecule has 9 heteroatoms. The Morgan fingerprint density at radius 3 is 3.10 bits per heavy atom. The van der Waals surface area contributed by atoms with Crippen LogP contribution in [-0.4, -0.2) is 44.9 Å². The van der Waals surface area contributed by atoms with Crippen molar-refractivity contribution in [1.29, 1.82) is 0 Å². The Hall–Kier alpha value is -1.19. The molecule has 1 atom stereocenters. The van der Waals surface area contributed by atoms with Gasteiger partial charge in [0.15, 0.2) is 5.13 Å². The van der Waals surface area contributed by atoms with Gasteiger partial charge in [-0.1, -0.05) is 0 Å². The lowest BCUT2D eigenvalue weighted by molar-refractivity contribution is -0.139. The third-order valence-corrected chi connectivity index (χ3v) is 5.03. The standard InChI is InChI=1S/C11H16N2O5S2/c1-17-10(14)5-8-6-19-11(12-8)13-20(15,16)7-9-3-2-4-18-9/h6,9H,2-5,7H2,1H3,(H,12,13). The molecular formula is C11H16N2O5S2. The molecule has 0 aliphatic carbocycles. The minimum Gasteiger partial charge on any atom is -0.469 e. The van der Waals surface area contributed by atoms with Crippen LogP contribution in [0.15, 0.2) is 5.38 Å². The molecule has 1 N–H and O–H groups in total. The molecule has 0 aromatic carbocycles. The van der Waals surface area contributed by atoms with Crippen molar-refractivity contribution < 1.29 is 22.7 Å². The maximum atomic E-state index is 11.9. The van der Waals surface area contributed by atoms with E-state index < -0.39 is 16.0 Å². The first-order chi connectivity index (χ1) is 9.48. The van der Waals surface area contributed by atoms with Crippen LogP contribution in [0.4, 0.5) is 5.13 Å². The molecule has 0 amide bonds. The highest BCUT2D eigenvalue weighted by Crippen LogP contribution is 2.19. The number of ether oxygens (including phenoxy) is 2. The van der Waals surface area contributed by atoms with Gasteiger partial charge in [-0.25, -0.2) is 13.4 Å². The quantitative estimate of drug-likeness (QED) is 0.778. The van der Waals surface area contributed by atoms with Crippen LogP contribution in [0.2, 0.25) is 0 Å². The van der Waals surface area contributed by atoms with Crippen molar-refractivity contribution in [3.05, 3.63) is 11.1 Å². The van der Waals surface area contributed by atoms with Gasteiger partial charge in [-0.2, -0.15) is 0 Å². The molecule has 2 rings (SSSR count). The maximum Gasteiger partial charge on any atom is 0.311 e. The maximum absolute atomic E-state index is 11.9. The number of esters is 1. The number of sulfonamides is 1. The van der Waals surface area contributed by atoms with E-state index in [1.807, 2.05) is 0 Å². The Morgan fingerprint density at radius 1 is 1.65 bits per heavy atom. The highest BCUT2D eigenvalue weighted by atomic mass is 32.2. The summed E-state index contributed by atoms with van der Waals surface area (Å²) in [6, 6.07) is 0. The zero-order chi connectivity index (χ0) is 14.6. The molecule has 0 bridgehead atoms. The first kappa shape index (κ1) is 15.2. The number of hydrogen-bond acceptors (Lipinski definition) is 7. The summed E-state index contributed by atoms with van der Waals surface area (Å²) < 4.78 is 36.1. The van der Waals surface area contributed by atoms with Crippen LogP contribution >= 0.6 is 11.3 Å². The van der Waals surface area contributed by atoms with Gasteiger partial charge in [-0.15, -0.1) is 11.3 Å². The largest absolute Gasteiger partial charge is 0.469 e. The molecular weight excluding hydrogens is 304 g/mol. The minimum absolute atomic E-state index is 0.0282. The van der Waals surface area contributed by atoms with Gasteiger partial charge in [0.2, 0.25) is 10.0 Å². The number of thiazole rings is 1. The number of methoxy groups -OCH3 is 1. The van der Waals surface area contributed by atoms with Crippen LogP contribution < -0.4 is 4.72 Å². The van der Waals surface area contributed by atoms with Gasteiger partial charge >= 0.3 is 5.97 Å². The van der Waals surface area contributed by atoms with Gasteiger partial charge in [0.05, 0.1) is 31.1 Å². The lowest BCUT2D eigenvalue weighted by Crippen LogP contribution is -2.25. The van der Waals surface area contributed by atoms with E-state index >= 15 is 0 Å². The number of aromatic nitrogens is 1. The number of nitrogens with one attached hydrogen (secondary N) is 1. The summed E-state index contributed by atoms with van der Waals surface area (Å²) in [6.07, 6.45) is 1.43. The van der Waals surface area contributed by atoms with Crippen LogP contribution in [0.1, 0.15) is 18.5 Å². The lowest BCUT2D eigenvalue weighted by Gasteiger charge is -2.10. The van der Waals surface area contributed by atoms with Gasteiger partial charge < -0.3 is 9.47 Å². The number of hydrogen-bond donors (Lipinski definition) is 1. The molecule has 0 saturated carbocycles. The number of rotatable bonds is 6. The van der Waals surface area contributed by atoms with Gasteiger partial charge in [0, 0.05) is 12.0 Å². The van der Waals surface area contributed by atoms with E-state index in [4.69, 9.17) is 4.74 Å². The smallest absolute Gasteiger partial charge is 0.311 e. The highest BCUT2D eigenvalue weighted by Gasteiger charge is 2.24. The lowest BCUT2D eigenvalue weighted by atomic mass is 10.3. The molecule has 1 aromatic heterocycles. The average Bonchev–Trinajstić information content (AvgIpc) is 3.00. The average molecular weight is 320 g/mol. The third-order valence-electron chi connectivity index (χ3n) is 2.78. The van der Waals surface area contributed by atoms with Crippen molar-refractivity contribution in [1.82, 2.24) is 4.98 Å². The third kappa shape index (κ3) is 4.43. The summed E-state index contributed by atoms with van der Waals surface area (Å²) in [5, 5.41) is 1.88. The normalized spacial score (nSPS) is 18.9. The number of carbonyl (C=O) groups excluding carboxylic acids is 1. The van der Waals surface area contributed by atoms with Crippen molar-refractivity contribution >= 4 is 32.5 Å². The highest BCUT2D eigenvalue weighted by molar-refractivity contribution is 7.92. The molecule has 1 aromatic rings. The second-order valence-electron chi connectivity index (χ2n) is 4.42. The van der Waals surface area contributed by atoms with Gasteiger partial charge in [0.25, 0.3) is 0 Å². The second kappa shape index (κ2) is 6.51. The minimum atomic E-state index is -3.48. The van der Waals surface area contributed by atoms with E-state index in [2.05, 4.69) is 14.4 Å². The molecule has 1 fully saturated rings. The predicted octanol–water partition coefficient (Wildman–Crippen LogP) is 0.779. The molecule has 20 heavy (non-hydrogen) atoms. The van der Waals surface area contributed by atoms with Gasteiger partial charge in [-0.05, 0) is 12.8 Å². The summed E-state index contributed by atoms with van der Waals surface area (Å²) in [5.74, 6) is -0.483. The van der Waals surface area contributed by atoms with E-state index in [-0.39, 0.29) is 23.4 Å². The van der Waals surface area contributed by atoms with Crippen LogP contribution in [0.3, 0.4) is 0 Å². The SMILES string of the molecule is COC(=O)Cc1csc(NS(=O)(=O)CC2CCCO2)n1. The van der Waals surface area contributed by atoms with E-state index in [0.717, 1.165) is 24.2 Å². The summed E-state index contributed by atoms with van der Waals surface area (Å²) in [4.78, 5) is 15.1. The van der Waals surface area contributed by atoms with Crippen molar-refractivity contribution in [3.63, 3.8) is 0 Å². The predicted molar refractivity (Wildman–Crippen MR) is 74.2 cm³/mol. The van der Waals surface area contributed by atoms with E-state index in [1.165, 1.54) is 7.11 Å². The fraction of sp³-hybridized carbons (Fsp3) is 0.636. The Balaban J connectivity index is 1.93. The molecule has 1 aliphatic rings. The van der Waals surface area contributed by atoms with E-state index in [0.29, 0.717) is 12.3 Å². The van der Waals surface area contributed by atoms with Crippen molar-refractivity contribution in [3.8, 4) is 0 Å². The van der Waals surface area contributed by atoms with Crippen molar-refractivity contribution in [2.45, 2.75) is 25.4 Å². The molecule has 112 valence electrons. The first-order valence-corrected chi connectivity index (χ1v) is 8.65. The Bertz CT molecular complexity index is 563. The van der Waals surface area contributed by atoms with Crippen LogP contribution in [0.25, 0.3) is 0 Å². The summed E-state index contributed by atoms with van der Waals surface area (Å²) in [7, 11) is -2.19. The molecule has 7 nitrogen and oxygen atoms in total. The summed E-state index contributed by atoms with van der Waals surface area (Å²) >= 11 is 1.14. The molecule has 0 spiro atoms. The molecule has 1 saturated heterocycles. The molecule has 1 aliphatic heterocycles. The summed E-state index contributed by atoms with van der Waals surface area (Å²) in [5.41, 5.74) is 0.483. The Kier molecular flexibility index (Phi) is 4.95. The van der Waals surface area contributed by atoms with Crippen LogP contribution in [0, 0.1) is 0 Å². The summed E-state index contributed by atoms with van der Waals surface area (Å²) in [6.45, 7) is 0.612. The van der Waals surface area contributed by atoms with E-state index in [1.54, 1.807) is 5.38 Å². The topological polar surface area (TPSA) is 94.6 Å². The number of carbonyl (C=O) groups is 1. The number of nitrogens with zero attached hydrogens (tertiary/aromatic N) is 1. The second-order valence-corrected chi connectivity index (χ2v) is 7.04.